The number of amides is 2. The number of thiophene rings is 1. The molecule has 2 heterocycles. The molecule has 2 fully saturated rings. The van der Waals surface area contributed by atoms with Gasteiger partial charge in [0.2, 0.25) is 21.8 Å². The van der Waals surface area contributed by atoms with E-state index in [0.29, 0.717) is 19.4 Å². The summed E-state index contributed by atoms with van der Waals surface area (Å²) in [6, 6.07) is 3.77. The van der Waals surface area contributed by atoms with Gasteiger partial charge in [0.05, 0.1) is 19.3 Å². The lowest BCUT2D eigenvalue weighted by atomic mass is 10.0. The van der Waals surface area contributed by atoms with Crippen LogP contribution in [0.2, 0.25) is 0 Å². The Morgan fingerprint density at radius 2 is 2.25 bits per heavy atom. The molecule has 2 amide bonds. The van der Waals surface area contributed by atoms with Gasteiger partial charge < -0.3 is 10.6 Å². The van der Waals surface area contributed by atoms with Gasteiger partial charge in [-0.05, 0) is 30.2 Å². The first kappa shape index (κ1) is 17.4. The highest BCUT2D eigenvalue weighted by Crippen LogP contribution is 2.34. The summed E-state index contributed by atoms with van der Waals surface area (Å²) in [5, 5.41) is 7.77. The van der Waals surface area contributed by atoms with Crippen LogP contribution in [0.5, 0.6) is 0 Å². The molecule has 24 heavy (non-hydrogen) atoms. The van der Waals surface area contributed by atoms with Crippen LogP contribution in [-0.2, 0) is 26.2 Å². The van der Waals surface area contributed by atoms with E-state index in [0.717, 1.165) is 11.1 Å². The second-order valence-electron chi connectivity index (χ2n) is 6.46. The summed E-state index contributed by atoms with van der Waals surface area (Å²) in [5.74, 6) is -0.548. The van der Waals surface area contributed by atoms with Gasteiger partial charge >= 0.3 is 0 Å². The number of hydrogen-bond acceptors (Lipinski definition) is 5. The highest BCUT2D eigenvalue weighted by molar-refractivity contribution is 7.88. The Morgan fingerprint density at radius 1 is 1.46 bits per heavy atom. The van der Waals surface area contributed by atoms with Crippen LogP contribution in [0.4, 0.5) is 0 Å². The summed E-state index contributed by atoms with van der Waals surface area (Å²) in [4.78, 5) is 25.4. The monoisotopic (exact) mass is 371 g/mol. The number of rotatable bonds is 4. The number of nitrogens with one attached hydrogen (secondary N) is 2. The molecule has 3 rings (SSSR count). The van der Waals surface area contributed by atoms with Gasteiger partial charge in [0.15, 0.2) is 0 Å². The molecule has 2 N–H and O–H groups in total. The molecule has 0 bridgehead atoms. The summed E-state index contributed by atoms with van der Waals surface area (Å²) in [6.45, 7) is 0.655. The summed E-state index contributed by atoms with van der Waals surface area (Å²) >= 11 is 1.59. The zero-order valence-corrected chi connectivity index (χ0v) is 15.0. The maximum absolute atomic E-state index is 12.4. The first-order valence-corrected chi connectivity index (χ1v) is 10.6. The fourth-order valence-electron chi connectivity index (χ4n) is 3.44. The largest absolute Gasteiger partial charge is 0.352 e. The van der Waals surface area contributed by atoms with E-state index in [4.69, 9.17) is 0 Å². The Hall–Kier alpha value is -1.45. The van der Waals surface area contributed by atoms with Crippen LogP contribution in [0.3, 0.4) is 0 Å². The lowest BCUT2D eigenvalue weighted by Crippen LogP contribution is -2.39. The first-order chi connectivity index (χ1) is 11.3. The fraction of sp³-hybridized carbons (Fsp3) is 0.600. The molecule has 3 atom stereocenters. The van der Waals surface area contributed by atoms with Crippen LogP contribution in [0.25, 0.3) is 0 Å². The molecule has 1 aromatic heterocycles. The van der Waals surface area contributed by atoms with Crippen LogP contribution >= 0.6 is 11.3 Å². The Morgan fingerprint density at radius 3 is 2.92 bits per heavy atom. The molecule has 1 saturated carbocycles. The van der Waals surface area contributed by atoms with Crippen molar-refractivity contribution in [1.82, 2.24) is 14.9 Å². The van der Waals surface area contributed by atoms with Crippen LogP contribution in [-0.4, -0.2) is 49.9 Å². The van der Waals surface area contributed by atoms with Gasteiger partial charge in [0.25, 0.3) is 0 Å². The number of fused-ring (bicyclic) bond motifs is 1. The highest BCUT2D eigenvalue weighted by atomic mass is 32.2. The van der Waals surface area contributed by atoms with Crippen LogP contribution < -0.4 is 10.6 Å². The molecule has 7 nitrogen and oxygen atoms in total. The zero-order valence-electron chi connectivity index (χ0n) is 13.4. The van der Waals surface area contributed by atoms with Gasteiger partial charge in [-0.25, -0.2) is 8.42 Å². The fourth-order valence-corrected chi connectivity index (χ4v) is 4.90. The molecule has 2 aliphatic rings. The molecule has 1 saturated heterocycles. The van der Waals surface area contributed by atoms with Gasteiger partial charge in [-0.1, -0.05) is 6.07 Å². The minimum atomic E-state index is -3.43. The summed E-state index contributed by atoms with van der Waals surface area (Å²) in [7, 11) is -3.43. The van der Waals surface area contributed by atoms with Crippen molar-refractivity contribution >= 4 is 33.2 Å². The molecule has 0 spiro atoms. The van der Waals surface area contributed by atoms with Crippen molar-refractivity contribution in [1.29, 1.82) is 0 Å². The van der Waals surface area contributed by atoms with Crippen molar-refractivity contribution in [3.63, 3.8) is 0 Å². The molecule has 1 aromatic rings. The van der Waals surface area contributed by atoms with Crippen molar-refractivity contribution in [2.75, 3.05) is 19.3 Å². The average Bonchev–Trinajstić information content (AvgIpc) is 3.11. The SMILES string of the molecule is CS(=O)(=O)N1CC(=O)N[C@@H]2C[C@@H](C(=O)NCc3cccs3)C[C@@H]2C1. The summed E-state index contributed by atoms with van der Waals surface area (Å²) in [6.07, 6.45) is 2.26. The standard InChI is InChI=1S/C15H21N3O4S2/c1-24(21,22)18-8-11-5-10(6-13(11)17-14(19)9-18)15(20)16-7-12-3-2-4-23-12/h2-4,10-11,13H,5-9H2,1H3,(H,16,20)(H,17,19)/t10-,11+,13+/m0/s1. The zero-order chi connectivity index (χ0) is 17.3. The van der Waals surface area contributed by atoms with Gasteiger partial charge in [-0.15, -0.1) is 11.3 Å². The van der Waals surface area contributed by atoms with Crippen LogP contribution in [0, 0.1) is 11.8 Å². The maximum Gasteiger partial charge on any atom is 0.235 e. The van der Waals surface area contributed by atoms with E-state index in [2.05, 4.69) is 10.6 Å². The summed E-state index contributed by atoms with van der Waals surface area (Å²) < 4.78 is 24.8. The van der Waals surface area contributed by atoms with Crippen LogP contribution in [0.1, 0.15) is 17.7 Å². The molecule has 132 valence electrons. The normalized spacial score (nSPS) is 28.0. The van der Waals surface area contributed by atoms with E-state index in [1.807, 2.05) is 17.5 Å². The number of carbonyl (C=O) groups is 2. The Labute approximate surface area is 145 Å². The molecule has 1 aliphatic carbocycles. The number of hydrogen-bond donors (Lipinski definition) is 2. The van der Waals surface area contributed by atoms with Gasteiger partial charge in [-0.3, -0.25) is 9.59 Å². The van der Waals surface area contributed by atoms with Crippen LogP contribution in [0.15, 0.2) is 17.5 Å². The lowest BCUT2D eigenvalue weighted by molar-refractivity contribution is -0.125. The van der Waals surface area contributed by atoms with Gasteiger partial charge in [0.1, 0.15) is 0 Å². The molecule has 0 radical (unpaired) electrons. The Balaban J connectivity index is 1.62. The Kier molecular flexibility index (Phi) is 4.93. The van der Waals surface area contributed by atoms with E-state index in [9.17, 15) is 18.0 Å². The quantitative estimate of drug-likeness (QED) is 0.788. The molecular weight excluding hydrogens is 350 g/mol. The van der Waals surface area contributed by atoms with E-state index in [-0.39, 0.29) is 42.8 Å². The van der Waals surface area contributed by atoms with E-state index in [1.165, 1.54) is 4.31 Å². The smallest absolute Gasteiger partial charge is 0.235 e. The van der Waals surface area contributed by atoms with Crippen molar-refractivity contribution in [2.45, 2.75) is 25.4 Å². The maximum atomic E-state index is 12.4. The predicted molar refractivity (Wildman–Crippen MR) is 90.7 cm³/mol. The number of carbonyl (C=O) groups excluding carboxylic acids is 2. The number of sulfonamides is 1. The molecule has 9 heteroatoms. The lowest BCUT2D eigenvalue weighted by Gasteiger charge is -2.20. The highest BCUT2D eigenvalue weighted by Gasteiger charge is 2.42. The number of nitrogens with zero attached hydrogens (tertiary/aromatic N) is 1. The van der Waals surface area contributed by atoms with Crippen molar-refractivity contribution < 1.29 is 18.0 Å². The van der Waals surface area contributed by atoms with E-state index >= 15 is 0 Å². The van der Waals surface area contributed by atoms with Crippen molar-refractivity contribution in [3.8, 4) is 0 Å². The second-order valence-corrected chi connectivity index (χ2v) is 9.47. The molecular formula is C15H21N3O4S2. The third-order valence-electron chi connectivity index (χ3n) is 4.66. The van der Waals surface area contributed by atoms with Crippen molar-refractivity contribution in [3.05, 3.63) is 22.4 Å². The summed E-state index contributed by atoms with van der Waals surface area (Å²) in [5.41, 5.74) is 0. The second kappa shape index (κ2) is 6.81. The van der Waals surface area contributed by atoms with Gasteiger partial charge in [-0.2, -0.15) is 4.31 Å². The first-order valence-electron chi connectivity index (χ1n) is 7.87. The topological polar surface area (TPSA) is 95.6 Å². The third kappa shape index (κ3) is 3.96. The molecule has 0 unspecified atom stereocenters. The average molecular weight is 371 g/mol. The van der Waals surface area contributed by atoms with E-state index < -0.39 is 10.0 Å². The molecule has 0 aromatic carbocycles. The predicted octanol–water partition coefficient (Wildman–Crippen LogP) is 0.151. The van der Waals surface area contributed by atoms with E-state index in [1.54, 1.807) is 11.3 Å². The molecule has 1 aliphatic heterocycles. The Bertz CT molecular complexity index is 717. The minimum Gasteiger partial charge on any atom is -0.352 e. The van der Waals surface area contributed by atoms with Crippen molar-refractivity contribution in [2.24, 2.45) is 11.8 Å². The van der Waals surface area contributed by atoms with Gasteiger partial charge in [0, 0.05) is 23.4 Å². The minimum absolute atomic E-state index is 0.0244. The third-order valence-corrected chi connectivity index (χ3v) is 6.75.